The number of nitrogens with two attached hydrogens (primary N) is 1. The molecule has 2 rings (SSSR count). The molecule has 0 saturated heterocycles. The maximum absolute atomic E-state index is 12.9. The molecule has 1 amide bonds. The highest BCUT2D eigenvalue weighted by Gasteiger charge is 2.46. The summed E-state index contributed by atoms with van der Waals surface area (Å²) < 4.78 is 77.5. The van der Waals surface area contributed by atoms with Crippen molar-refractivity contribution in [3.63, 3.8) is 0 Å². The number of amides is 1. The zero-order chi connectivity index (χ0) is 20.6. The van der Waals surface area contributed by atoms with Crippen LogP contribution in [0.1, 0.15) is 49.8 Å². The third-order valence-corrected chi connectivity index (χ3v) is 5.25. The molecule has 0 aromatic heterocycles. The highest BCUT2D eigenvalue weighted by Crippen LogP contribution is 2.44. The summed E-state index contributed by atoms with van der Waals surface area (Å²) in [6.07, 6.45) is -8.22. The molecule has 3 nitrogen and oxygen atoms in total. The number of benzene rings is 1. The molecule has 1 aromatic carbocycles. The molecule has 2 atom stereocenters. The molecule has 9 heteroatoms. The number of rotatable bonds is 4. The molecule has 152 valence electrons. The Bertz CT molecular complexity index is 666. The van der Waals surface area contributed by atoms with Crippen LogP contribution >= 0.6 is 0 Å². The third kappa shape index (κ3) is 4.75. The Morgan fingerprint density at radius 3 is 2.04 bits per heavy atom. The van der Waals surface area contributed by atoms with E-state index in [2.05, 4.69) is 5.32 Å². The Labute approximate surface area is 153 Å². The van der Waals surface area contributed by atoms with Crippen molar-refractivity contribution in [3.05, 3.63) is 34.9 Å². The minimum atomic E-state index is -4.92. The third-order valence-electron chi connectivity index (χ3n) is 5.25. The van der Waals surface area contributed by atoms with E-state index >= 15 is 0 Å². The number of hydrogen-bond acceptors (Lipinski definition) is 2. The predicted octanol–water partition coefficient (Wildman–Crippen LogP) is 4.49. The van der Waals surface area contributed by atoms with Gasteiger partial charge in [-0.05, 0) is 48.9 Å². The van der Waals surface area contributed by atoms with Crippen molar-refractivity contribution in [2.75, 3.05) is 0 Å². The molecule has 0 bridgehead atoms. The van der Waals surface area contributed by atoms with Crippen molar-refractivity contribution < 1.29 is 31.1 Å². The van der Waals surface area contributed by atoms with Crippen LogP contribution in [0.2, 0.25) is 0 Å². The fourth-order valence-electron chi connectivity index (χ4n) is 3.59. The Morgan fingerprint density at radius 2 is 1.67 bits per heavy atom. The van der Waals surface area contributed by atoms with Crippen LogP contribution in [0.4, 0.5) is 26.3 Å². The van der Waals surface area contributed by atoms with Gasteiger partial charge in [0.05, 0.1) is 16.5 Å². The largest absolute Gasteiger partial charge is 0.416 e. The van der Waals surface area contributed by atoms with E-state index in [1.54, 1.807) is 0 Å². The first kappa shape index (κ1) is 21.5. The van der Waals surface area contributed by atoms with Crippen molar-refractivity contribution in [3.8, 4) is 0 Å². The molecule has 1 aliphatic carbocycles. The molecule has 1 aliphatic rings. The van der Waals surface area contributed by atoms with Crippen molar-refractivity contribution in [1.82, 2.24) is 5.32 Å². The number of carbonyl (C=O) groups is 1. The monoisotopic (exact) mass is 396 g/mol. The molecule has 1 aromatic rings. The maximum Gasteiger partial charge on any atom is 0.416 e. The van der Waals surface area contributed by atoms with E-state index in [0.717, 1.165) is 0 Å². The van der Waals surface area contributed by atoms with Gasteiger partial charge in [0.1, 0.15) is 0 Å². The lowest BCUT2D eigenvalue weighted by molar-refractivity contribution is -0.143. The van der Waals surface area contributed by atoms with Crippen LogP contribution < -0.4 is 11.1 Å². The van der Waals surface area contributed by atoms with E-state index in [1.807, 2.05) is 13.8 Å². The minimum absolute atomic E-state index is 0.0571. The van der Waals surface area contributed by atoms with E-state index < -0.39 is 41.3 Å². The van der Waals surface area contributed by atoms with Crippen LogP contribution in [-0.4, -0.2) is 11.9 Å². The summed E-state index contributed by atoms with van der Waals surface area (Å²) in [5.74, 6) is -0.449. The number of carbonyl (C=O) groups excluding carboxylic acids is 1. The average molecular weight is 396 g/mol. The molecule has 0 radical (unpaired) electrons. The van der Waals surface area contributed by atoms with Gasteiger partial charge in [-0.25, -0.2) is 0 Å². The molecular formula is C18H22F6N2O. The van der Waals surface area contributed by atoms with E-state index in [1.165, 1.54) is 0 Å². The molecule has 27 heavy (non-hydrogen) atoms. The van der Waals surface area contributed by atoms with Gasteiger partial charge < -0.3 is 11.1 Å². The van der Waals surface area contributed by atoms with Crippen LogP contribution in [0.15, 0.2) is 18.2 Å². The van der Waals surface area contributed by atoms with Crippen LogP contribution in [0.25, 0.3) is 0 Å². The van der Waals surface area contributed by atoms with Gasteiger partial charge in [0.25, 0.3) is 0 Å². The topological polar surface area (TPSA) is 55.1 Å². The standard InChI is InChI=1S/C18H22F6N2O/c1-10(2)16(4-3-14(25)8-16)15(27)26-9-11-5-12(17(19,20)21)7-13(6-11)18(22,23)24/h5-7,10,14H,3-4,8-9,25H2,1-2H3,(H,26,27)/t14-,16+/m1/s1. The van der Waals surface area contributed by atoms with E-state index in [0.29, 0.717) is 31.4 Å². The Morgan fingerprint density at radius 1 is 1.15 bits per heavy atom. The summed E-state index contributed by atoms with van der Waals surface area (Å²) in [7, 11) is 0. The first-order valence-corrected chi connectivity index (χ1v) is 8.58. The molecule has 0 heterocycles. The van der Waals surface area contributed by atoms with Gasteiger partial charge in [-0.1, -0.05) is 13.8 Å². The first-order valence-electron chi connectivity index (χ1n) is 8.58. The van der Waals surface area contributed by atoms with Gasteiger partial charge in [-0.15, -0.1) is 0 Å². The summed E-state index contributed by atoms with van der Waals surface area (Å²) in [6, 6.07) is 1.16. The number of nitrogens with one attached hydrogen (secondary N) is 1. The highest BCUT2D eigenvalue weighted by atomic mass is 19.4. The van der Waals surface area contributed by atoms with Crippen molar-refractivity contribution >= 4 is 5.91 Å². The fourth-order valence-corrected chi connectivity index (χ4v) is 3.59. The SMILES string of the molecule is CC(C)[C@]1(C(=O)NCc2cc(C(F)(F)F)cc(C(F)(F)F)c2)CC[C@@H](N)C1. The van der Waals surface area contributed by atoms with Crippen LogP contribution in [-0.2, 0) is 23.7 Å². The number of alkyl halides is 6. The zero-order valence-corrected chi connectivity index (χ0v) is 15.0. The minimum Gasteiger partial charge on any atom is -0.352 e. The summed E-state index contributed by atoms with van der Waals surface area (Å²) >= 11 is 0. The van der Waals surface area contributed by atoms with Gasteiger partial charge in [-0.3, -0.25) is 4.79 Å². The van der Waals surface area contributed by atoms with E-state index in [-0.39, 0.29) is 23.6 Å². The molecule has 1 fully saturated rings. The fraction of sp³-hybridized carbons (Fsp3) is 0.611. The van der Waals surface area contributed by atoms with Gasteiger partial charge in [-0.2, -0.15) is 26.3 Å². The second kappa shape index (κ2) is 7.33. The Balaban J connectivity index is 2.25. The van der Waals surface area contributed by atoms with E-state index in [4.69, 9.17) is 5.73 Å². The average Bonchev–Trinajstić information content (AvgIpc) is 2.94. The maximum atomic E-state index is 12.9. The summed E-state index contributed by atoms with van der Waals surface area (Å²) in [4.78, 5) is 12.7. The van der Waals surface area contributed by atoms with Gasteiger partial charge >= 0.3 is 12.4 Å². The Kier molecular flexibility index (Phi) is 5.85. The lowest BCUT2D eigenvalue weighted by Gasteiger charge is -2.32. The second-order valence-electron chi connectivity index (χ2n) is 7.41. The molecular weight excluding hydrogens is 374 g/mol. The highest BCUT2D eigenvalue weighted by molar-refractivity contribution is 5.83. The lowest BCUT2D eigenvalue weighted by Crippen LogP contribution is -2.43. The Hall–Kier alpha value is -1.77. The number of hydrogen-bond donors (Lipinski definition) is 2. The normalized spacial score (nSPS) is 23.7. The molecule has 3 N–H and O–H groups in total. The summed E-state index contributed by atoms with van der Waals surface area (Å²) in [5.41, 5.74) is 2.08. The van der Waals surface area contributed by atoms with Crippen LogP contribution in [0.5, 0.6) is 0 Å². The molecule has 1 saturated carbocycles. The second-order valence-corrected chi connectivity index (χ2v) is 7.41. The smallest absolute Gasteiger partial charge is 0.352 e. The van der Waals surface area contributed by atoms with Crippen LogP contribution in [0, 0.1) is 11.3 Å². The van der Waals surface area contributed by atoms with Crippen molar-refractivity contribution in [2.45, 2.75) is 58.0 Å². The van der Waals surface area contributed by atoms with E-state index in [9.17, 15) is 31.1 Å². The molecule has 0 spiro atoms. The predicted molar refractivity (Wildman–Crippen MR) is 87.4 cm³/mol. The molecule has 0 unspecified atom stereocenters. The van der Waals surface area contributed by atoms with Crippen molar-refractivity contribution in [1.29, 1.82) is 0 Å². The van der Waals surface area contributed by atoms with Crippen LogP contribution in [0.3, 0.4) is 0 Å². The molecule has 0 aliphatic heterocycles. The summed E-state index contributed by atoms with van der Waals surface area (Å²) in [6.45, 7) is 3.28. The first-order chi connectivity index (χ1) is 12.3. The summed E-state index contributed by atoms with van der Waals surface area (Å²) in [5, 5.41) is 2.51. The quantitative estimate of drug-likeness (QED) is 0.737. The van der Waals surface area contributed by atoms with Gasteiger partial charge in [0.2, 0.25) is 5.91 Å². The lowest BCUT2D eigenvalue weighted by atomic mass is 9.74. The zero-order valence-electron chi connectivity index (χ0n) is 15.0. The van der Waals surface area contributed by atoms with Crippen molar-refractivity contribution in [2.24, 2.45) is 17.1 Å². The number of halogens is 6. The van der Waals surface area contributed by atoms with Gasteiger partial charge in [0, 0.05) is 12.6 Å². The van der Waals surface area contributed by atoms with Gasteiger partial charge in [0.15, 0.2) is 0 Å².